The first-order valence-corrected chi connectivity index (χ1v) is 6.76. The second-order valence-electron chi connectivity index (χ2n) is 5.01. The summed E-state index contributed by atoms with van der Waals surface area (Å²) in [6.45, 7) is -0.274. The number of halogens is 1. The van der Waals surface area contributed by atoms with Crippen LogP contribution in [0.4, 0.5) is 10.1 Å². The fourth-order valence-corrected chi connectivity index (χ4v) is 1.97. The van der Waals surface area contributed by atoms with E-state index in [1.165, 1.54) is 17.0 Å². The van der Waals surface area contributed by atoms with Crippen LogP contribution in [0.15, 0.2) is 42.5 Å². The van der Waals surface area contributed by atoms with Gasteiger partial charge in [0.2, 0.25) is 0 Å². The average Bonchev–Trinajstić information content (AvgIpc) is 2.53. The molecule has 23 heavy (non-hydrogen) atoms. The van der Waals surface area contributed by atoms with E-state index in [-0.39, 0.29) is 23.8 Å². The molecule has 0 saturated carbocycles. The zero-order valence-electron chi connectivity index (χ0n) is 12.7. The van der Waals surface area contributed by atoms with Crippen molar-refractivity contribution in [1.82, 2.24) is 4.90 Å². The highest BCUT2D eigenvalue weighted by Gasteiger charge is 2.18. The fourth-order valence-electron chi connectivity index (χ4n) is 1.97. The van der Waals surface area contributed by atoms with Crippen molar-refractivity contribution in [2.24, 2.45) is 0 Å². The standard InChI is InChI=1S/C16H15FN2O4/c1-18(2)16(20)11-6-8-12(9-7-11)23-10-13-14(17)4-3-5-15(13)19(21)22/h3-9H,10H2,1-2H3. The molecule has 1 amide bonds. The Labute approximate surface area is 132 Å². The van der Waals surface area contributed by atoms with E-state index in [0.717, 1.165) is 6.07 Å². The van der Waals surface area contributed by atoms with E-state index in [2.05, 4.69) is 0 Å². The summed E-state index contributed by atoms with van der Waals surface area (Å²) in [5.74, 6) is -0.460. The molecular weight excluding hydrogens is 303 g/mol. The number of hydrogen-bond acceptors (Lipinski definition) is 4. The molecule has 0 aliphatic carbocycles. The van der Waals surface area contributed by atoms with E-state index < -0.39 is 10.7 Å². The van der Waals surface area contributed by atoms with Crippen molar-refractivity contribution in [2.45, 2.75) is 6.61 Å². The maximum Gasteiger partial charge on any atom is 0.278 e. The summed E-state index contributed by atoms with van der Waals surface area (Å²) in [6, 6.07) is 9.91. The molecule has 0 heterocycles. The average molecular weight is 318 g/mol. The summed E-state index contributed by atoms with van der Waals surface area (Å²) >= 11 is 0. The lowest BCUT2D eigenvalue weighted by molar-refractivity contribution is -0.386. The first-order valence-electron chi connectivity index (χ1n) is 6.76. The first kappa shape index (κ1) is 16.4. The molecule has 7 heteroatoms. The van der Waals surface area contributed by atoms with Crippen LogP contribution in [0.3, 0.4) is 0 Å². The normalized spacial score (nSPS) is 10.2. The summed E-state index contributed by atoms with van der Waals surface area (Å²) in [6.07, 6.45) is 0. The number of rotatable bonds is 5. The molecule has 0 aromatic heterocycles. The van der Waals surface area contributed by atoms with Crippen LogP contribution >= 0.6 is 0 Å². The maximum absolute atomic E-state index is 13.7. The predicted octanol–water partition coefficient (Wildman–Crippen LogP) is 3.01. The van der Waals surface area contributed by atoms with Crippen LogP contribution in [0.25, 0.3) is 0 Å². The monoisotopic (exact) mass is 318 g/mol. The molecule has 0 aliphatic rings. The Morgan fingerprint density at radius 2 is 1.87 bits per heavy atom. The Morgan fingerprint density at radius 3 is 2.43 bits per heavy atom. The van der Waals surface area contributed by atoms with Gasteiger partial charge in [0.05, 0.1) is 4.92 Å². The number of ether oxygens (including phenoxy) is 1. The minimum absolute atomic E-state index is 0.119. The molecular formula is C16H15FN2O4. The number of carbonyl (C=O) groups is 1. The van der Waals surface area contributed by atoms with Crippen LogP contribution in [0.1, 0.15) is 15.9 Å². The minimum atomic E-state index is -0.696. The summed E-state index contributed by atoms with van der Waals surface area (Å²) < 4.78 is 19.1. The van der Waals surface area contributed by atoms with Gasteiger partial charge in [0.25, 0.3) is 11.6 Å². The van der Waals surface area contributed by atoms with Gasteiger partial charge in [-0.1, -0.05) is 6.07 Å². The van der Waals surface area contributed by atoms with Gasteiger partial charge in [0.1, 0.15) is 23.7 Å². The number of nitro groups is 1. The third-order valence-corrected chi connectivity index (χ3v) is 3.18. The number of benzene rings is 2. The lowest BCUT2D eigenvalue weighted by atomic mass is 10.1. The highest BCUT2D eigenvalue weighted by atomic mass is 19.1. The summed E-state index contributed by atoms with van der Waals surface area (Å²) in [5.41, 5.74) is 0.0366. The molecule has 120 valence electrons. The summed E-state index contributed by atoms with van der Waals surface area (Å²) in [7, 11) is 3.29. The Hall–Kier alpha value is -2.96. The van der Waals surface area contributed by atoms with Gasteiger partial charge in [-0.05, 0) is 30.3 Å². The van der Waals surface area contributed by atoms with E-state index in [0.29, 0.717) is 11.3 Å². The number of nitrogens with zero attached hydrogens (tertiary/aromatic N) is 2. The molecule has 0 N–H and O–H groups in total. The van der Waals surface area contributed by atoms with Gasteiger partial charge < -0.3 is 9.64 Å². The van der Waals surface area contributed by atoms with Crippen molar-refractivity contribution < 1.29 is 18.8 Å². The van der Waals surface area contributed by atoms with Crippen LogP contribution in [0.2, 0.25) is 0 Å². The smallest absolute Gasteiger partial charge is 0.278 e. The van der Waals surface area contributed by atoms with E-state index >= 15 is 0 Å². The quantitative estimate of drug-likeness (QED) is 0.627. The number of nitro benzene ring substituents is 1. The molecule has 0 aliphatic heterocycles. The molecule has 2 aromatic rings. The second kappa shape index (κ2) is 6.87. The SMILES string of the molecule is CN(C)C(=O)c1ccc(OCc2c(F)cccc2[N+](=O)[O-])cc1. The zero-order valence-corrected chi connectivity index (χ0v) is 12.7. The molecule has 0 unspecified atom stereocenters. The van der Waals surface area contributed by atoms with Crippen LogP contribution in [0, 0.1) is 15.9 Å². The van der Waals surface area contributed by atoms with Crippen LogP contribution < -0.4 is 4.74 Å². The van der Waals surface area contributed by atoms with Gasteiger partial charge in [-0.25, -0.2) is 4.39 Å². The van der Waals surface area contributed by atoms with Crippen molar-refractivity contribution in [3.05, 3.63) is 69.5 Å². The first-order chi connectivity index (χ1) is 10.9. The highest BCUT2D eigenvalue weighted by molar-refractivity contribution is 5.93. The Kier molecular flexibility index (Phi) is 4.90. The van der Waals surface area contributed by atoms with Gasteiger partial charge in [0.15, 0.2) is 0 Å². The van der Waals surface area contributed by atoms with Crippen molar-refractivity contribution in [2.75, 3.05) is 14.1 Å². The van der Waals surface area contributed by atoms with E-state index in [4.69, 9.17) is 4.74 Å². The number of amides is 1. The molecule has 2 rings (SSSR count). The Bertz CT molecular complexity index is 729. The topological polar surface area (TPSA) is 72.7 Å². The number of carbonyl (C=O) groups excluding carboxylic acids is 1. The third-order valence-electron chi connectivity index (χ3n) is 3.18. The molecule has 0 atom stereocenters. The van der Waals surface area contributed by atoms with Crippen LogP contribution in [-0.2, 0) is 6.61 Å². The predicted molar refractivity (Wildman–Crippen MR) is 81.8 cm³/mol. The number of hydrogen-bond donors (Lipinski definition) is 0. The molecule has 0 spiro atoms. The van der Waals surface area contributed by atoms with Crippen LogP contribution in [-0.4, -0.2) is 29.8 Å². The van der Waals surface area contributed by atoms with Crippen molar-refractivity contribution in [3.63, 3.8) is 0 Å². The van der Waals surface area contributed by atoms with Crippen molar-refractivity contribution in [1.29, 1.82) is 0 Å². The molecule has 0 radical (unpaired) electrons. The maximum atomic E-state index is 13.7. The molecule has 2 aromatic carbocycles. The molecule has 6 nitrogen and oxygen atoms in total. The van der Waals surface area contributed by atoms with Crippen molar-refractivity contribution >= 4 is 11.6 Å². The van der Waals surface area contributed by atoms with Gasteiger partial charge in [-0.2, -0.15) is 0 Å². The van der Waals surface area contributed by atoms with Gasteiger partial charge in [0, 0.05) is 25.7 Å². The van der Waals surface area contributed by atoms with Gasteiger partial charge >= 0.3 is 0 Å². The summed E-state index contributed by atoms with van der Waals surface area (Å²) in [5, 5.41) is 10.9. The Balaban J connectivity index is 2.13. The largest absolute Gasteiger partial charge is 0.489 e. The lowest BCUT2D eigenvalue weighted by Crippen LogP contribution is -2.21. The van der Waals surface area contributed by atoms with Crippen LogP contribution in [0.5, 0.6) is 5.75 Å². The molecule has 0 saturated heterocycles. The lowest BCUT2D eigenvalue weighted by Gasteiger charge is -2.11. The van der Waals surface area contributed by atoms with Gasteiger partial charge in [-0.3, -0.25) is 14.9 Å². The van der Waals surface area contributed by atoms with E-state index in [1.54, 1.807) is 38.4 Å². The van der Waals surface area contributed by atoms with Crippen molar-refractivity contribution in [3.8, 4) is 5.75 Å². The second-order valence-corrected chi connectivity index (χ2v) is 5.01. The third kappa shape index (κ3) is 3.82. The highest BCUT2D eigenvalue weighted by Crippen LogP contribution is 2.23. The van der Waals surface area contributed by atoms with E-state index in [1.807, 2.05) is 0 Å². The molecule has 0 fully saturated rings. The zero-order chi connectivity index (χ0) is 17.0. The van der Waals surface area contributed by atoms with Gasteiger partial charge in [-0.15, -0.1) is 0 Å². The molecule has 0 bridgehead atoms. The van der Waals surface area contributed by atoms with E-state index in [9.17, 15) is 19.3 Å². The minimum Gasteiger partial charge on any atom is -0.489 e. The summed E-state index contributed by atoms with van der Waals surface area (Å²) in [4.78, 5) is 23.5. The fraction of sp³-hybridized carbons (Fsp3) is 0.188. The Morgan fingerprint density at radius 1 is 1.22 bits per heavy atom.